The average molecular weight is 183 g/mol. The van der Waals surface area contributed by atoms with Crippen LogP contribution >= 0.6 is 23.2 Å². The number of halogens is 2. The van der Waals surface area contributed by atoms with Gasteiger partial charge in [0.1, 0.15) is 0 Å². The Kier molecular flexibility index (Phi) is 7.87. The Hall–Kier alpha value is 0.450. The lowest BCUT2D eigenvalue weighted by atomic mass is 11.9. The quantitative estimate of drug-likeness (QED) is 0.429. The van der Waals surface area contributed by atoms with Gasteiger partial charge in [-0.25, -0.2) is 0 Å². The summed E-state index contributed by atoms with van der Waals surface area (Å²) in [6, 6.07) is 0. The van der Waals surface area contributed by atoms with Crippen molar-refractivity contribution in [1.82, 2.24) is 0 Å². The van der Waals surface area contributed by atoms with Crippen molar-refractivity contribution in [3.05, 3.63) is 0 Å². The molecule has 0 saturated heterocycles. The molecule has 0 fully saturated rings. The molecule has 0 aliphatic heterocycles. The average Bonchev–Trinajstić information content (AvgIpc) is 1.27. The van der Waals surface area contributed by atoms with E-state index in [1.54, 1.807) is 0 Å². The molecule has 8 heavy (non-hydrogen) atoms. The first-order chi connectivity index (χ1) is 3.41. The van der Waals surface area contributed by atoms with Crippen LogP contribution in [0.4, 0.5) is 0 Å². The van der Waals surface area contributed by atoms with E-state index in [1.807, 2.05) is 0 Å². The molecule has 4 nitrogen and oxygen atoms in total. The number of hydrogen-bond acceptors (Lipinski definition) is 2. The van der Waals surface area contributed by atoms with Gasteiger partial charge in [-0.2, -0.15) is 8.42 Å². The van der Waals surface area contributed by atoms with Gasteiger partial charge in [0, 0.05) is 0 Å². The Balaban J connectivity index is 0. The van der Waals surface area contributed by atoms with Gasteiger partial charge in [0.2, 0.25) is 0 Å². The fraction of sp³-hybridized carbons (Fsp3) is 1.00. The minimum absolute atomic E-state index is 0.194. The van der Waals surface area contributed by atoms with Gasteiger partial charge in [-0.05, 0) is 0 Å². The first-order valence-corrected chi connectivity index (χ1v) is 3.70. The zero-order valence-corrected chi connectivity index (χ0v) is 5.91. The SMILES string of the molecule is ClCCl.O=S(=O)(O)O. The fourth-order valence-electron chi connectivity index (χ4n) is 0. The van der Waals surface area contributed by atoms with Crippen molar-refractivity contribution in [3.63, 3.8) is 0 Å². The molecule has 0 aliphatic rings. The van der Waals surface area contributed by atoms with Crippen molar-refractivity contribution in [2.45, 2.75) is 0 Å². The number of rotatable bonds is 0. The molecule has 0 radical (unpaired) electrons. The Bertz CT molecular complexity index is 108. The van der Waals surface area contributed by atoms with Gasteiger partial charge >= 0.3 is 10.4 Å². The standard InChI is InChI=1S/CH2Cl2.H2O4S/c2-1-3;1-5(2,3)4/h1H2;(H2,1,2,3,4). The van der Waals surface area contributed by atoms with Crippen LogP contribution in [0.1, 0.15) is 0 Å². The summed E-state index contributed by atoms with van der Waals surface area (Å²) < 4.78 is 31.6. The molecule has 0 aliphatic carbocycles. The molecule has 0 amide bonds. The molecule has 0 unspecified atom stereocenters. The molecular weight excluding hydrogens is 179 g/mol. The van der Waals surface area contributed by atoms with Gasteiger partial charge in [0.15, 0.2) is 0 Å². The predicted molar refractivity (Wildman–Crippen MR) is 30.8 cm³/mol. The highest BCUT2D eigenvalue weighted by molar-refractivity contribution is 7.79. The lowest BCUT2D eigenvalue weighted by molar-refractivity contribution is 0.381. The predicted octanol–water partition coefficient (Wildman–Crippen LogP) is 0.769. The van der Waals surface area contributed by atoms with Gasteiger partial charge in [-0.3, -0.25) is 9.11 Å². The molecular formula is CH4Cl2O4S. The lowest BCUT2D eigenvalue weighted by Gasteiger charge is -1.68. The zero-order valence-electron chi connectivity index (χ0n) is 3.58. The molecule has 0 rings (SSSR count). The molecule has 0 aromatic heterocycles. The third kappa shape index (κ3) is 946. The van der Waals surface area contributed by atoms with Crippen LogP contribution in [0.25, 0.3) is 0 Å². The van der Waals surface area contributed by atoms with Crippen molar-refractivity contribution in [2.75, 3.05) is 5.34 Å². The van der Waals surface area contributed by atoms with E-state index in [2.05, 4.69) is 0 Å². The van der Waals surface area contributed by atoms with Crippen LogP contribution < -0.4 is 0 Å². The number of alkyl halides is 2. The second-order valence-corrected chi connectivity index (χ2v) is 2.25. The van der Waals surface area contributed by atoms with E-state index >= 15 is 0 Å². The summed E-state index contributed by atoms with van der Waals surface area (Å²) in [7, 11) is -4.67. The van der Waals surface area contributed by atoms with E-state index in [4.69, 9.17) is 40.7 Å². The third-order valence-electron chi connectivity index (χ3n) is 0. The highest BCUT2D eigenvalue weighted by Gasteiger charge is 1.84. The Morgan fingerprint density at radius 1 is 1.25 bits per heavy atom. The maximum Gasteiger partial charge on any atom is 0.394 e. The van der Waals surface area contributed by atoms with E-state index in [0.29, 0.717) is 0 Å². The molecule has 0 aromatic carbocycles. The summed E-state index contributed by atoms with van der Waals surface area (Å²) in [5.41, 5.74) is 0. The van der Waals surface area contributed by atoms with Crippen LogP contribution in [-0.4, -0.2) is 22.9 Å². The Morgan fingerprint density at radius 2 is 1.25 bits per heavy atom. The van der Waals surface area contributed by atoms with Crippen molar-refractivity contribution in [1.29, 1.82) is 0 Å². The third-order valence-corrected chi connectivity index (χ3v) is 0. The second-order valence-electron chi connectivity index (χ2n) is 0.549. The smallest absolute Gasteiger partial charge is 0.264 e. The molecule has 2 N–H and O–H groups in total. The van der Waals surface area contributed by atoms with Crippen LogP contribution in [-0.2, 0) is 10.4 Å². The molecule has 0 saturated carbocycles. The summed E-state index contributed by atoms with van der Waals surface area (Å²) in [6.07, 6.45) is 0. The highest BCUT2D eigenvalue weighted by Crippen LogP contribution is 1.73. The minimum Gasteiger partial charge on any atom is -0.264 e. The van der Waals surface area contributed by atoms with Crippen LogP contribution in [0.15, 0.2) is 0 Å². The Labute approximate surface area is 57.0 Å². The maximum absolute atomic E-state index is 8.74. The van der Waals surface area contributed by atoms with Gasteiger partial charge in [-0.1, -0.05) is 0 Å². The van der Waals surface area contributed by atoms with Gasteiger partial charge in [-0.15, -0.1) is 23.2 Å². The fourth-order valence-corrected chi connectivity index (χ4v) is 0. The first-order valence-electron chi connectivity index (χ1n) is 1.23. The molecule has 0 heterocycles. The summed E-state index contributed by atoms with van der Waals surface area (Å²) in [5, 5.41) is 0.194. The van der Waals surface area contributed by atoms with Gasteiger partial charge < -0.3 is 0 Å². The van der Waals surface area contributed by atoms with Crippen LogP contribution in [0.2, 0.25) is 0 Å². The topological polar surface area (TPSA) is 74.6 Å². The van der Waals surface area contributed by atoms with Gasteiger partial charge in [0.05, 0.1) is 5.34 Å². The second kappa shape index (κ2) is 5.58. The van der Waals surface area contributed by atoms with Crippen LogP contribution in [0, 0.1) is 0 Å². The largest absolute Gasteiger partial charge is 0.394 e. The lowest BCUT2D eigenvalue weighted by Crippen LogP contribution is -1.89. The molecule has 0 bridgehead atoms. The highest BCUT2D eigenvalue weighted by atomic mass is 35.5. The van der Waals surface area contributed by atoms with Crippen molar-refractivity contribution < 1.29 is 17.5 Å². The molecule has 0 aromatic rings. The molecule has 7 heteroatoms. The summed E-state index contributed by atoms with van der Waals surface area (Å²) >= 11 is 9.53. The monoisotopic (exact) mass is 182 g/mol. The Morgan fingerprint density at radius 3 is 1.25 bits per heavy atom. The van der Waals surface area contributed by atoms with Gasteiger partial charge in [0.25, 0.3) is 0 Å². The van der Waals surface area contributed by atoms with E-state index in [-0.39, 0.29) is 5.34 Å². The molecule has 0 spiro atoms. The van der Waals surface area contributed by atoms with E-state index in [0.717, 1.165) is 0 Å². The summed E-state index contributed by atoms with van der Waals surface area (Å²) in [6.45, 7) is 0. The van der Waals surface area contributed by atoms with Crippen molar-refractivity contribution in [2.24, 2.45) is 0 Å². The van der Waals surface area contributed by atoms with Crippen molar-refractivity contribution >= 4 is 33.6 Å². The zero-order chi connectivity index (χ0) is 7.21. The van der Waals surface area contributed by atoms with E-state index in [9.17, 15) is 0 Å². The minimum atomic E-state index is -4.67. The molecule has 52 valence electrons. The summed E-state index contributed by atoms with van der Waals surface area (Å²) in [5.74, 6) is 0. The van der Waals surface area contributed by atoms with E-state index in [1.165, 1.54) is 0 Å². The molecule has 0 atom stereocenters. The van der Waals surface area contributed by atoms with Crippen molar-refractivity contribution in [3.8, 4) is 0 Å². The van der Waals surface area contributed by atoms with E-state index < -0.39 is 10.4 Å². The number of hydrogen-bond donors (Lipinski definition) is 2. The van der Waals surface area contributed by atoms with Crippen LogP contribution in [0.3, 0.4) is 0 Å². The normalized spacial score (nSPS) is 9.50. The first kappa shape index (κ1) is 11.3. The maximum atomic E-state index is 8.74. The van der Waals surface area contributed by atoms with Crippen LogP contribution in [0.5, 0.6) is 0 Å². The summed E-state index contributed by atoms with van der Waals surface area (Å²) in [4.78, 5) is 0.